The molecule has 0 spiro atoms. The van der Waals surface area contributed by atoms with Gasteiger partial charge in [0.25, 0.3) is 5.91 Å². The molecule has 1 N–H and O–H groups in total. The molecular formula is C22H23FN2O3S. The number of aliphatic imine (C=N–C) groups is 1. The number of carbonyl (C=O) groups excluding carboxylic acids is 1. The van der Waals surface area contributed by atoms with Gasteiger partial charge in [0.05, 0.1) is 23.8 Å². The number of benzene rings is 2. The molecule has 1 amide bonds. The van der Waals surface area contributed by atoms with E-state index in [-0.39, 0.29) is 11.7 Å². The molecule has 7 heteroatoms. The van der Waals surface area contributed by atoms with Gasteiger partial charge in [-0.3, -0.25) is 4.79 Å². The van der Waals surface area contributed by atoms with E-state index in [2.05, 4.69) is 24.2 Å². The minimum atomic E-state index is -0.330. The number of hydrogen-bond donors (Lipinski definition) is 1. The molecule has 2 aromatic rings. The van der Waals surface area contributed by atoms with Crippen LogP contribution in [0, 0.1) is 11.7 Å². The molecule has 0 bridgehead atoms. The summed E-state index contributed by atoms with van der Waals surface area (Å²) in [4.78, 5) is 17.1. The molecule has 5 nitrogen and oxygen atoms in total. The Bertz CT molecular complexity index is 940. The fraction of sp³-hybridized carbons (Fsp3) is 0.273. The monoisotopic (exact) mass is 414 g/mol. The van der Waals surface area contributed by atoms with Gasteiger partial charge in [-0.1, -0.05) is 19.9 Å². The zero-order chi connectivity index (χ0) is 20.8. The highest BCUT2D eigenvalue weighted by Gasteiger charge is 2.24. The summed E-state index contributed by atoms with van der Waals surface area (Å²) in [5, 5.41) is 3.18. The van der Waals surface area contributed by atoms with Gasteiger partial charge in [-0.2, -0.15) is 0 Å². The average molecular weight is 415 g/mol. The van der Waals surface area contributed by atoms with Crippen molar-refractivity contribution >= 4 is 34.6 Å². The first kappa shape index (κ1) is 20.9. The molecular weight excluding hydrogens is 391 g/mol. The highest BCUT2D eigenvalue weighted by atomic mass is 32.2. The van der Waals surface area contributed by atoms with Gasteiger partial charge in [0.15, 0.2) is 16.7 Å². The van der Waals surface area contributed by atoms with Crippen LogP contribution in [-0.4, -0.2) is 24.3 Å². The largest absolute Gasteiger partial charge is 0.490 e. The van der Waals surface area contributed by atoms with Gasteiger partial charge in [0, 0.05) is 0 Å². The second kappa shape index (κ2) is 9.60. The smallest absolute Gasteiger partial charge is 0.264 e. The average Bonchev–Trinajstić information content (AvgIpc) is 3.02. The molecule has 152 valence electrons. The third kappa shape index (κ3) is 5.84. The van der Waals surface area contributed by atoms with E-state index in [1.54, 1.807) is 18.2 Å². The number of amidine groups is 1. The van der Waals surface area contributed by atoms with Gasteiger partial charge >= 0.3 is 0 Å². The Hall–Kier alpha value is -2.80. The molecule has 1 aliphatic rings. The number of amides is 1. The summed E-state index contributed by atoms with van der Waals surface area (Å²) in [6.07, 6.45) is 1.78. The molecule has 1 heterocycles. The van der Waals surface area contributed by atoms with Crippen LogP contribution in [-0.2, 0) is 4.79 Å². The normalized spacial score (nSPS) is 16.5. The van der Waals surface area contributed by atoms with Crippen LogP contribution in [0.1, 0.15) is 26.3 Å². The van der Waals surface area contributed by atoms with Crippen LogP contribution in [0.15, 0.2) is 52.4 Å². The Morgan fingerprint density at radius 2 is 1.90 bits per heavy atom. The van der Waals surface area contributed by atoms with Crippen molar-refractivity contribution in [2.24, 2.45) is 10.9 Å². The van der Waals surface area contributed by atoms with Gasteiger partial charge < -0.3 is 14.8 Å². The van der Waals surface area contributed by atoms with Crippen LogP contribution >= 0.6 is 11.8 Å². The number of nitrogens with one attached hydrogen (secondary N) is 1. The van der Waals surface area contributed by atoms with Crippen molar-refractivity contribution in [3.8, 4) is 11.5 Å². The standard InChI is InChI=1S/C22H23FN2O3S/c1-4-27-19-11-15(5-10-18(19)28-13-14(2)3)12-20-21(26)25-22(29-20)24-17-8-6-16(23)7-9-17/h5-12,14H,4,13H2,1-3H3,(H,24,25,26)/b20-12-. The van der Waals surface area contributed by atoms with E-state index in [1.165, 1.54) is 23.9 Å². The quantitative estimate of drug-likeness (QED) is 0.637. The number of carbonyl (C=O) groups is 1. The fourth-order valence-corrected chi connectivity index (χ4v) is 3.37. The van der Waals surface area contributed by atoms with Crippen molar-refractivity contribution in [3.05, 3.63) is 58.8 Å². The first-order valence-corrected chi connectivity index (χ1v) is 10.2. The highest BCUT2D eigenvalue weighted by Crippen LogP contribution is 2.32. The first-order chi connectivity index (χ1) is 13.9. The SMILES string of the molecule is CCOc1cc(/C=C2\SC(=Nc3ccc(F)cc3)NC2=O)ccc1OCC(C)C. The van der Waals surface area contributed by atoms with Crippen molar-refractivity contribution in [1.29, 1.82) is 0 Å². The second-order valence-corrected chi connectivity index (χ2v) is 7.83. The first-order valence-electron chi connectivity index (χ1n) is 9.39. The molecule has 0 saturated carbocycles. The van der Waals surface area contributed by atoms with Gasteiger partial charge in [-0.15, -0.1) is 0 Å². The Kier molecular flexibility index (Phi) is 6.93. The van der Waals surface area contributed by atoms with Crippen molar-refractivity contribution in [3.63, 3.8) is 0 Å². The van der Waals surface area contributed by atoms with E-state index in [9.17, 15) is 9.18 Å². The lowest BCUT2D eigenvalue weighted by Crippen LogP contribution is -2.19. The van der Waals surface area contributed by atoms with E-state index in [0.717, 1.165) is 5.56 Å². The van der Waals surface area contributed by atoms with Gasteiger partial charge in [-0.25, -0.2) is 9.38 Å². The van der Waals surface area contributed by atoms with Crippen LogP contribution in [0.25, 0.3) is 6.08 Å². The van der Waals surface area contributed by atoms with Crippen LogP contribution in [0.5, 0.6) is 11.5 Å². The maximum atomic E-state index is 13.0. The highest BCUT2D eigenvalue weighted by molar-refractivity contribution is 8.18. The number of nitrogens with zero attached hydrogens (tertiary/aromatic N) is 1. The van der Waals surface area contributed by atoms with Crippen molar-refractivity contribution in [1.82, 2.24) is 5.32 Å². The molecule has 0 atom stereocenters. The number of halogens is 1. The Labute approximate surface area is 174 Å². The lowest BCUT2D eigenvalue weighted by atomic mass is 10.2. The van der Waals surface area contributed by atoms with Gasteiger partial charge in [0.1, 0.15) is 5.82 Å². The maximum Gasteiger partial charge on any atom is 0.264 e. The van der Waals surface area contributed by atoms with Crippen LogP contribution < -0.4 is 14.8 Å². The Balaban J connectivity index is 1.79. The number of thioether (sulfide) groups is 1. The molecule has 1 saturated heterocycles. The predicted molar refractivity (Wildman–Crippen MR) is 115 cm³/mol. The van der Waals surface area contributed by atoms with Gasteiger partial charge in [0.2, 0.25) is 0 Å². The summed E-state index contributed by atoms with van der Waals surface area (Å²) in [6, 6.07) is 11.4. The molecule has 0 unspecified atom stereocenters. The molecule has 29 heavy (non-hydrogen) atoms. The third-order valence-corrected chi connectivity index (χ3v) is 4.76. The number of hydrogen-bond acceptors (Lipinski definition) is 5. The lowest BCUT2D eigenvalue weighted by molar-refractivity contribution is -0.115. The number of ether oxygens (including phenoxy) is 2. The predicted octanol–water partition coefficient (Wildman–Crippen LogP) is 5.15. The van der Waals surface area contributed by atoms with Crippen molar-refractivity contribution in [2.45, 2.75) is 20.8 Å². The van der Waals surface area contributed by atoms with Gasteiger partial charge in [-0.05, 0) is 72.6 Å². The summed E-state index contributed by atoms with van der Waals surface area (Å²) >= 11 is 1.23. The van der Waals surface area contributed by atoms with E-state index in [0.29, 0.717) is 46.4 Å². The van der Waals surface area contributed by atoms with Crippen molar-refractivity contribution in [2.75, 3.05) is 13.2 Å². The molecule has 0 aliphatic carbocycles. The molecule has 1 aliphatic heterocycles. The van der Waals surface area contributed by atoms with E-state index in [1.807, 2.05) is 25.1 Å². The molecule has 2 aromatic carbocycles. The summed E-state index contributed by atoms with van der Waals surface area (Å²) in [5.41, 5.74) is 1.40. The van der Waals surface area contributed by atoms with E-state index in [4.69, 9.17) is 9.47 Å². The minimum Gasteiger partial charge on any atom is -0.490 e. The summed E-state index contributed by atoms with van der Waals surface area (Å²) in [5.74, 6) is 1.18. The molecule has 1 fully saturated rings. The van der Waals surface area contributed by atoms with Crippen LogP contribution in [0.4, 0.5) is 10.1 Å². The van der Waals surface area contributed by atoms with E-state index >= 15 is 0 Å². The van der Waals surface area contributed by atoms with Crippen molar-refractivity contribution < 1.29 is 18.7 Å². The molecule has 0 radical (unpaired) electrons. The Morgan fingerprint density at radius 1 is 1.14 bits per heavy atom. The maximum absolute atomic E-state index is 13.0. The molecule has 0 aromatic heterocycles. The second-order valence-electron chi connectivity index (χ2n) is 6.80. The Morgan fingerprint density at radius 3 is 2.59 bits per heavy atom. The zero-order valence-corrected chi connectivity index (χ0v) is 17.4. The van der Waals surface area contributed by atoms with Crippen LogP contribution in [0.3, 0.4) is 0 Å². The van der Waals surface area contributed by atoms with Crippen LogP contribution in [0.2, 0.25) is 0 Å². The zero-order valence-electron chi connectivity index (χ0n) is 16.6. The molecule has 3 rings (SSSR count). The summed E-state index contributed by atoms with van der Waals surface area (Å²) in [6.45, 7) is 7.19. The van der Waals surface area contributed by atoms with E-state index < -0.39 is 0 Å². The summed E-state index contributed by atoms with van der Waals surface area (Å²) < 4.78 is 24.5. The lowest BCUT2D eigenvalue weighted by Gasteiger charge is -2.14. The fourth-order valence-electron chi connectivity index (χ4n) is 2.52. The third-order valence-electron chi connectivity index (χ3n) is 3.85. The minimum absolute atomic E-state index is 0.228. The summed E-state index contributed by atoms with van der Waals surface area (Å²) in [7, 11) is 0. The topological polar surface area (TPSA) is 59.9 Å². The number of rotatable bonds is 7.